The predicted molar refractivity (Wildman–Crippen MR) is 132 cm³/mol. The van der Waals surface area contributed by atoms with Crippen molar-refractivity contribution in [3.63, 3.8) is 0 Å². The van der Waals surface area contributed by atoms with Crippen LogP contribution in [0.3, 0.4) is 0 Å². The molecule has 1 amide bonds. The van der Waals surface area contributed by atoms with E-state index in [-0.39, 0.29) is 36.1 Å². The highest BCUT2D eigenvalue weighted by Crippen LogP contribution is 2.54. The molecule has 0 aliphatic heterocycles. The number of benzene rings is 1. The highest BCUT2D eigenvalue weighted by atomic mass is 35.5. The molecule has 0 bridgehead atoms. The average Bonchev–Trinajstić information content (AvgIpc) is 3.21. The Balaban J connectivity index is 1.73. The van der Waals surface area contributed by atoms with Crippen LogP contribution in [0.4, 0.5) is 5.69 Å². The molecule has 0 spiro atoms. The third-order valence-corrected chi connectivity index (χ3v) is 7.95. The van der Waals surface area contributed by atoms with Gasteiger partial charge in [-0.25, -0.2) is 0 Å². The van der Waals surface area contributed by atoms with Crippen LogP contribution in [-0.2, 0) is 20.8 Å². The van der Waals surface area contributed by atoms with Crippen LogP contribution in [0.2, 0.25) is 0 Å². The summed E-state index contributed by atoms with van der Waals surface area (Å²) < 4.78 is 0. The Kier molecular flexibility index (Phi) is 5.35. The molecule has 9 nitrogen and oxygen atoms in total. The topological polar surface area (TPSA) is 161 Å². The van der Waals surface area contributed by atoms with Gasteiger partial charge in [0.25, 0.3) is 5.91 Å². The second-order valence-electron chi connectivity index (χ2n) is 9.93. The number of aromatic hydroxyl groups is 1. The number of aliphatic hydroxyl groups is 3. The lowest BCUT2D eigenvalue weighted by molar-refractivity contribution is -0.147. The molecule has 10 heteroatoms. The van der Waals surface area contributed by atoms with Crippen molar-refractivity contribution in [1.29, 1.82) is 0 Å². The summed E-state index contributed by atoms with van der Waals surface area (Å²) in [4.78, 5) is 39.8. The van der Waals surface area contributed by atoms with Crippen LogP contribution < -0.4 is 10.6 Å². The quantitative estimate of drug-likeness (QED) is 0.386. The Morgan fingerprint density at radius 1 is 1.17 bits per heavy atom. The Bertz CT molecular complexity index is 1400. The van der Waals surface area contributed by atoms with Crippen LogP contribution >= 0.6 is 11.6 Å². The number of fused-ring (bicyclic) bond motifs is 3. The van der Waals surface area contributed by atoms with E-state index in [1.807, 2.05) is 19.0 Å². The van der Waals surface area contributed by atoms with Crippen LogP contribution in [0.15, 0.2) is 40.2 Å². The summed E-state index contributed by atoms with van der Waals surface area (Å²) in [5.74, 6) is -6.43. The molecule has 36 heavy (non-hydrogen) atoms. The zero-order valence-electron chi connectivity index (χ0n) is 19.6. The molecule has 188 valence electrons. The van der Waals surface area contributed by atoms with E-state index >= 15 is 0 Å². The van der Waals surface area contributed by atoms with Crippen molar-refractivity contribution in [3.05, 3.63) is 56.8 Å². The first-order valence-electron chi connectivity index (χ1n) is 11.5. The summed E-state index contributed by atoms with van der Waals surface area (Å²) in [7, 11) is 3.64. The van der Waals surface area contributed by atoms with Gasteiger partial charge in [-0.05, 0) is 42.0 Å². The first kappa shape index (κ1) is 24.1. The van der Waals surface area contributed by atoms with Gasteiger partial charge in [0, 0.05) is 54.7 Å². The Hall–Kier alpha value is -3.56. The van der Waals surface area contributed by atoms with Gasteiger partial charge < -0.3 is 31.1 Å². The molecular weight excluding hydrogens is 488 g/mol. The predicted octanol–water partition coefficient (Wildman–Crippen LogP) is 2.40. The largest absolute Gasteiger partial charge is 0.508 e. The second-order valence-corrected chi connectivity index (χ2v) is 10.4. The molecular formula is C26H25ClN2O7. The standard InChI is InChI=1S/C26H25ClN2O7/c1-29(2)16-9-14(10-3-4-13(27)6-10)21(31)19-15(16)7-11-5-12-8-17(30)20(25(28)35)24(34)26(12,36)23(33)18(11)22(19)32/h3-4,9,11-12,31-32,34,36H,5-8H2,1-2H3,(H2,28,35). The number of phenolic OH excluding ortho intramolecular Hbond substituents is 1. The van der Waals surface area contributed by atoms with Crippen molar-refractivity contribution < 1.29 is 34.8 Å². The number of rotatable bonds is 3. The Morgan fingerprint density at radius 2 is 1.86 bits per heavy atom. The van der Waals surface area contributed by atoms with Crippen molar-refractivity contribution in [1.82, 2.24) is 0 Å². The molecule has 0 aromatic heterocycles. The van der Waals surface area contributed by atoms with Crippen molar-refractivity contribution in [2.75, 3.05) is 19.0 Å². The van der Waals surface area contributed by atoms with E-state index in [0.717, 1.165) is 11.3 Å². The number of anilines is 1. The smallest absolute Gasteiger partial charge is 0.255 e. The molecule has 1 aromatic carbocycles. The van der Waals surface area contributed by atoms with Gasteiger partial charge in [-0.1, -0.05) is 17.7 Å². The molecule has 0 saturated heterocycles. The number of primary amides is 1. The van der Waals surface area contributed by atoms with E-state index in [0.29, 0.717) is 22.6 Å². The van der Waals surface area contributed by atoms with Gasteiger partial charge in [0.05, 0.1) is 5.56 Å². The summed E-state index contributed by atoms with van der Waals surface area (Å²) in [5, 5.41) is 45.3. The van der Waals surface area contributed by atoms with Crippen molar-refractivity contribution in [2.24, 2.45) is 17.6 Å². The second kappa shape index (κ2) is 7.97. The number of allylic oxidation sites excluding steroid dienone is 4. The molecule has 1 aromatic rings. The van der Waals surface area contributed by atoms with Crippen LogP contribution in [0.1, 0.15) is 36.0 Å². The fourth-order valence-corrected chi connectivity index (χ4v) is 6.20. The van der Waals surface area contributed by atoms with Gasteiger partial charge in [0.1, 0.15) is 22.8 Å². The lowest BCUT2D eigenvalue weighted by Gasteiger charge is -2.46. The molecule has 4 aliphatic rings. The number of carbonyl (C=O) groups excluding carboxylic acids is 3. The third kappa shape index (κ3) is 3.16. The van der Waals surface area contributed by atoms with Crippen molar-refractivity contribution in [3.8, 4) is 5.75 Å². The number of nitrogens with zero attached hydrogens (tertiary/aromatic N) is 1. The molecule has 4 aliphatic carbocycles. The minimum absolute atomic E-state index is 0.0623. The number of ketones is 2. The zero-order valence-corrected chi connectivity index (χ0v) is 20.4. The van der Waals surface area contributed by atoms with Gasteiger partial charge in [0.2, 0.25) is 5.78 Å². The molecule has 0 radical (unpaired) electrons. The van der Waals surface area contributed by atoms with E-state index in [1.54, 1.807) is 18.2 Å². The number of halogens is 1. The summed E-state index contributed by atoms with van der Waals surface area (Å²) in [6, 6.07) is 1.81. The van der Waals surface area contributed by atoms with E-state index in [2.05, 4.69) is 0 Å². The Labute approximate surface area is 211 Å². The van der Waals surface area contributed by atoms with Gasteiger partial charge in [-0.2, -0.15) is 0 Å². The summed E-state index contributed by atoms with van der Waals surface area (Å²) in [6.45, 7) is 0. The molecule has 1 saturated carbocycles. The lowest BCUT2D eigenvalue weighted by atomic mass is 9.59. The van der Waals surface area contributed by atoms with E-state index in [1.165, 1.54) is 0 Å². The number of nitrogens with two attached hydrogens (primary N) is 1. The maximum atomic E-state index is 13.7. The molecule has 3 atom stereocenters. The summed E-state index contributed by atoms with van der Waals surface area (Å²) >= 11 is 6.13. The van der Waals surface area contributed by atoms with Gasteiger partial charge in [0.15, 0.2) is 11.4 Å². The fraction of sp³-hybridized carbons (Fsp3) is 0.346. The number of hydrogen-bond acceptors (Lipinski definition) is 8. The van der Waals surface area contributed by atoms with Crippen LogP contribution in [-0.4, -0.2) is 57.6 Å². The molecule has 0 heterocycles. The number of carbonyl (C=O) groups is 3. The number of amides is 1. The van der Waals surface area contributed by atoms with Gasteiger partial charge >= 0.3 is 0 Å². The van der Waals surface area contributed by atoms with Crippen LogP contribution in [0, 0.1) is 11.8 Å². The van der Waals surface area contributed by atoms with Crippen molar-refractivity contribution >= 4 is 46.1 Å². The maximum Gasteiger partial charge on any atom is 0.255 e. The van der Waals surface area contributed by atoms with Crippen LogP contribution in [0.25, 0.3) is 11.3 Å². The molecule has 6 N–H and O–H groups in total. The first-order valence-corrected chi connectivity index (χ1v) is 11.8. The number of phenols is 1. The average molecular weight is 513 g/mol. The number of aliphatic hydroxyl groups excluding tert-OH is 2. The minimum atomic E-state index is -2.58. The van der Waals surface area contributed by atoms with Gasteiger partial charge in [-0.3, -0.25) is 14.4 Å². The third-order valence-electron chi connectivity index (χ3n) is 7.69. The number of hydrogen-bond donors (Lipinski definition) is 5. The normalized spacial score (nSPS) is 27.3. The monoisotopic (exact) mass is 512 g/mol. The Morgan fingerprint density at radius 3 is 2.44 bits per heavy atom. The zero-order chi connectivity index (χ0) is 26.3. The van der Waals surface area contributed by atoms with Gasteiger partial charge in [-0.15, -0.1) is 0 Å². The van der Waals surface area contributed by atoms with E-state index in [4.69, 9.17) is 17.3 Å². The SMILES string of the molecule is CN(C)c1cc(C2=CC=C(Cl)C2)c(O)c2c1CC1CC3CC(=O)C(C(N)=O)=C(O)C3(O)C(=O)C1=C2O. The summed E-state index contributed by atoms with van der Waals surface area (Å²) in [5.41, 5.74) is 4.24. The minimum Gasteiger partial charge on any atom is -0.508 e. The maximum absolute atomic E-state index is 13.7. The molecule has 1 fully saturated rings. The highest BCUT2D eigenvalue weighted by Gasteiger charge is 2.60. The highest BCUT2D eigenvalue weighted by molar-refractivity contribution is 6.31. The lowest BCUT2D eigenvalue weighted by Crippen LogP contribution is -2.58. The van der Waals surface area contributed by atoms with Crippen LogP contribution in [0.5, 0.6) is 5.75 Å². The number of Topliss-reactive ketones (excluding diaryl/α,β-unsaturated/α-hetero) is 2. The van der Waals surface area contributed by atoms with Crippen molar-refractivity contribution in [2.45, 2.75) is 31.3 Å². The first-order chi connectivity index (χ1) is 16.9. The molecule has 5 rings (SSSR count). The molecule has 3 unspecified atom stereocenters. The van der Waals surface area contributed by atoms with E-state index < -0.39 is 52.0 Å². The fourth-order valence-electron chi connectivity index (χ4n) is 5.99. The van der Waals surface area contributed by atoms with E-state index in [9.17, 15) is 34.8 Å². The summed E-state index contributed by atoms with van der Waals surface area (Å²) in [6.07, 6.45) is 3.86.